The largest absolute Gasteiger partial charge is 0.304 e. The molecule has 0 radical (unpaired) electrons. The maximum Gasteiger partial charge on any atom is 0.291 e. The fourth-order valence-electron chi connectivity index (χ4n) is 3.50. The summed E-state index contributed by atoms with van der Waals surface area (Å²) < 4.78 is 2.30. The first-order valence-electron chi connectivity index (χ1n) is 9.01. The van der Waals surface area contributed by atoms with Crippen LogP contribution in [0.1, 0.15) is 5.56 Å². The van der Waals surface area contributed by atoms with Crippen molar-refractivity contribution in [3.63, 3.8) is 0 Å². The topological polar surface area (TPSA) is 67.6 Å². The lowest BCUT2D eigenvalue weighted by Crippen LogP contribution is -2.32. The summed E-state index contributed by atoms with van der Waals surface area (Å²) in [6, 6.07) is 10.5. The van der Waals surface area contributed by atoms with Crippen LogP contribution in [0.5, 0.6) is 0 Å². The third kappa shape index (κ3) is 3.22. The van der Waals surface area contributed by atoms with E-state index in [0.29, 0.717) is 48.6 Å². The number of hydrogen-bond acceptors (Lipinski definition) is 5. The van der Waals surface area contributed by atoms with Crippen molar-refractivity contribution in [3.8, 4) is 11.4 Å². The number of aromatic nitrogens is 3. The molecule has 154 valence electrons. The SMILES string of the molecule is C=CCN1C(=O)/C(=c2\sc3nc(-c4ccc(Cl)cc4Cl)nn3c2=O)c2cc(Br)ccc21. The number of nitrogens with zero attached hydrogens (tertiary/aromatic N) is 4. The van der Waals surface area contributed by atoms with Gasteiger partial charge in [0.05, 0.1) is 16.3 Å². The van der Waals surface area contributed by atoms with Crippen molar-refractivity contribution in [2.45, 2.75) is 0 Å². The van der Waals surface area contributed by atoms with Gasteiger partial charge in [0.15, 0.2) is 5.82 Å². The first-order valence-corrected chi connectivity index (χ1v) is 11.4. The van der Waals surface area contributed by atoms with Crippen LogP contribution in [-0.2, 0) is 4.79 Å². The summed E-state index contributed by atoms with van der Waals surface area (Å²) in [5.41, 5.74) is 1.92. The van der Waals surface area contributed by atoms with E-state index in [9.17, 15) is 9.59 Å². The summed E-state index contributed by atoms with van der Waals surface area (Å²) >= 11 is 16.8. The molecule has 10 heteroatoms. The van der Waals surface area contributed by atoms with Gasteiger partial charge in [-0.1, -0.05) is 56.5 Å². The van der Waals surface area contributed by atoms with E-state index in [4.69, 9.17) is 23.2 Å². The van der Waals surface area contributed by atoms with Crippen molar-refractivity contribution in [2.24, 2.45) is 0 Å². The molecule has 6 nitrogen and oxygen atoms in total. The second kappa shape index (κ2) is 7.56. The maximum atomic E-state index is 13.2. The van der Waals surface area contributed by atoms with Gasteiger partial charge in [0.25, 0.3) is 11.5 Å². The van der Waals surface area contributed by atoms with Gasteiger partial charge in [-0.25, -0.2) is 0 Å². The van der Waals surface area contributed by atoms with Crippen molar-refractivity contribution in [1.82, 2.24) is 14.6 Å². The van der Waals surface area contributed by atoms with E-state index < -0.39 is 5.56 Å². The van der Waals surface area contributed by atoms with Crippen LogP contribution < -0.4 is 15.0 Å². The number of carbonyl (C=O) groups excluding carboxylic acids is 1. The number of anilines is 1. The Labute approximate surface area is 198 Å². The Morgan fingerprint density at radius 1 is 1.13 bits per heavy atom. The molecule has 0 N–H and O–H groups in total. The van der Waals surface area contributed by atoms with Crippen LogP contribution in [0.25, 0.3) is 21.9 Å². The molecule has 1 aliphatic heterocycles. The number of carbonyl (C=O) groups is 1. The van der Waals surface area contributed by atoms with Crippen LogP contribution in [0.2, 0.25) is 10.0 Å². The summed E-state index contributed by atoms with van der Waals surface area (Å²) in [5, 5.41) is 5.21. The Kier molecular flexibility index (Phi) is 4.97. The molecule has 1 amide bonds. The number of fused-ring (bicyclic) bond motifs is 2. The third-order valence-corrected chi connectivity index (χ3v) is 6.92. The van der Waals surface area contributed by atoms with Crippen LogP contribution in [0.3, 0.4) is 0 Å². The standard InChI is InChI=1S/C21H11BrCl2N4O2S/c1-2-7-27-15-6-3-10(22)8-13(15)16(19(27)29)17-20(30)28-21(31-17)25-18(26-28)12-5-4-11(23)9-14(12)24/h2-6,8-9H,1,7H2/b17-16-. The molecule has 5 rings (SSSR count). The van der Waals surface area contributed by atoms with E-state index in [1.54, 1.807) is 29.2 Å². The van der Waals surface area contributed by atoms with Gasteiger partial charge in [-0.3, -0.25) is 9.59 Å². The van der Waals surface area contributed by atoms with Crippen LogP contribution in [-0.4, -0.2) is 27.0 Å². The van der Waals surface area contributed by atoms with Crippen molar-refractivity contribution in [3.05, 3.63) is 84.0 Å². The first kappa shape index (κ1) is 20.4. The van der Waals surface area contributed by atoms with Gasteiger partial charge in [0, 0.05) is 27.2 Å². The zero-order valence-corrected chi connectivity index (χ0v) is 19.5. The molecule has 0 saturated heterocycles. The van der Waals surface area contributed by atoms with E-state index in [0.717, 1.165) is 21.5 Å². The van der Waals surface area contributed by atoms with Gasteiger partial charge in [0.1, 0.15) is 4.53 Å². The molecular formula is C21H11BrCl2N4O2S. The van der Waals surface area contributed by atoms with Gasteiger partial charge in [-0.2, -0.15) is 9.50 Å². The van der Waals surface area contributed by atoms with Crippen LogP contribution in [0.15, 0.2) is 58.3 Å². The van der Waals surface area contributed by atoms with E-state index in [1.165, 1.54) is 4.52 Å². The summed E-state index contributed by atoms with van der Waals surface area (Å²) in [5.74, 6) is 0.0614. The number of hydrogen-bond donors (Lipinski definition) is 0. The lowest BCUT2D eigenvalue weighted by atomic mass is 10.1. The molecule has 2 aromatic carbocycles. The molecule has 3 heterocycles. The van der Waals surface area contributed by atoms with Crippen molar-refractivity contribution < 1.29 is 4.79 Å². The molecule has 0 atom stereocenters. The molecule has 0 unspecified atom stereocenters. The zero-order chi connectivity index (χ0) is 21.9. The Bertz CT molecular complexity index is 1530. The summed E-state index contributed by atoms with van der Waals surface area (Å²) in [4.78, 5) is 32.8. The molecular weight excluding hydrogens is 523 g/mol. The maximum absolute atomic E-state index is 13.2. The average Bonchev–Trinajstić information content (AvgIpc) is 3.34. The third-order valence-electron chi connectivity index (χ3n) is 4.85. The van der Waals surface area contributed by atoms with Crippen molar-refractivity contribution in [1.29, 1.82) is 0 Å². The molecule has 4 aromatic rings. The fourth-order valence-corrected chi connectivity index (χ4v) is 5.36. The quantitative estimate of drug-likeness (QED) is 0.367. The van der Waals surface area contributed by atoms with Crippen molar-refractivity contribution in [2.75, 3.05) is 11.4 Å². The molecule has 0 spiro atoms. The lowest BCUT2D eigenvalue weighted by molar-refractivity contribution is -0.112. The van der Waals surface area contributed by atoms with Gasteiger partial charge in [-0.15, -0.1) is 11.7 Å². The molecule has 0 fully saturated rings. The Balaban J connectivity index is 1.74. The zero-order valence-electron chi connectivity index (χ0n) is 15.6. The molecule has 31 heavy (non-hydrogen) atoms. The molecule has 1 aliphatic rings. The molecule has 0 saturated carbocycles. The van der Waals surface area contributed by atoms with E-state index >= 15 is 0 Å². The van der Waals surface area contributed by atoms with Crippen LogP contribution in [0, 0.1) is 0 Å². The van der Waals surface area contributed by atoms with Gasteiger partial charge in [0.2, 0.25) is 4.96 Å². The smallest absolute Gasteiger partial charge is 0.291 e. The molecule has 0 aliphatic carbocycles. The number of halogens is 3. The highest BCUT2D eigenvalue weighted by atomic mass is 79.9. The Hall–Kier alpha value is -2.52. The number of thiazole rings is 1. The minimum Gasteiger partial charge on any atom is -0.304 e. The number of amides is 1. The Morgan fingerprint density at radius 3 is 2.65 bits per heavy atom. The van der Waals surface area contributed by atoms with E-state index in [-0.39, 0.29) is 5.91 Å². The summed E-state index contributed by atoms with van der Waals surface area (Å²) in [7, 11) is 0. The minimum atomic E-state index is -0.404. The van der Waals surface area contributed by atoms with Gasteiger partial charge >= 0.3 is 0 Å². The van der Waals surface area contributed by atoms with E-state index in [2.05, 4.69) is 32.6 Å². The number of rotatable bonds is 3. The normalized spacial score (nSPS) is 15.1. The van der Waals surface area contributed by atoms with Gasteiger partial charge in [-0.05, 0) is 36.4 Å². The second-order valence-electron chi connectivity index (χ2n) is 6.73. The predicted molar refractivity (Wildman–Crippen MR) is 127 cm³/mol. The highest BCUT2D eigenvalue weighted by molar-refractivity contribution is 9.10. The molecule has 0 bridgehead atoms. The monoisotopic (exact) mass is 532 g/mol. The van der Waals surface area contributed by atoms with Crippen LogP contribution in [0.4, 0.5) is 5.69 Å². The summed E-state index contributed by atoms with van der Waals surface area (Å²) in [6.07, 6.45) is 1.65. The first-order chi connectivity index (χ1) is 14.9. The molecule has 2 aromatic heterocycles. The minimum absolute atomic E-state index is 0.254. The number of benzene rings is 2. The van der Waals surface area contributed by atoms with Crippen LogP contribution >= 0.6 is 50.5 Å². The highest BCUT2D eigenvalue weighted by Crippen LogP contribution is 2.37. The summed E-state index contributed by atoms with van der Waals surface area (Å²) in [6.45, 7) is 4.07. The van der Waals surface area contributed by atoms with Gasteiger partial charge < -0.3 is 4.90 Å². The van der Waals surface area contributed by atoms with E-state index in [1.807, 2.05) is 18.2 Å². The lowest BCUT2D eigenvalue weighted by Gasteiger charge is -2.14. The average molecular weight is 534 g/mol. The Morgan fingerprint density at radius 2 is 1.94 bits per heavy atom. The predicted octanol–water partition coefficient (Wildman–Crippen LogP) is 4.34. The fraction of sp³-hybridized carbons (Fsp3) is 0.0476. The second-order valence-corrected chi connectivity index (χ2v) is 9.47. The highest BCUT2D eigenvalue weighted by Gasteiger charge is 2.34. The van der Waals surface area contributed by atoms with Crippen molar-refractivity contribution >= 4 is 72.6 Å².